The van der Waals surface area contributed by atoms with Gasteiger partial charge in [0.25, 0.3) is 0 Å². The van der Waals surface area contributed by atoms with Gasteiger partial charge >= 0.3 is 0 Å². The Bertz CT molecular complexity index is 1340. The summed E-state index contributed by atoms with van der Waals surface area (Å²) >= 11 is 0. The predicted molar refractivity (Wildman–Crippen MR) is 120 cm³/mol. The molecule has 1 atom stereocenters. The van der Waals surface area contributed by atoms with Crippen LogP contribution in [0.5, 0.6) is 17.2 Å². The zero-order valence-corrected chi connectivity index (χ0v) is 17.4. The molecule has 2 aliphatic rings. The van der Waals surface area contributed by atoms with E-state index in [2.05, 4.69) is 22.0 Å². The van der Waals surface area contributed by atoms with Crippen molar-refractivity contribution in [2.75, 3.05) is 13.3 Å². The first kappa shape index (κ1) is 19.0. The van der Waals surface area contributed by atoms with Gasteiger partial charge < -0.3 is 24.5 Å². The number of para-hydroxylation sites is 1. The molecule has 0 fully saturated rings. The lowest BCUT2D eigenvalue weighted by atomic mass is 9.93. The number of nitrogens with zero attached hydrogens (tertiary/aromatic N) is 1. The van der Waals surface area contributed by atoms with Gasteiger partial charge in [0.1, 0.15) is 11.8 Å². The van der Waals surface area contributed by atoms with Gasteiger partial charge in [0.15, 0.2) is 17.3 Å². The maximum Gasteiger partial charge on any atom is 0.231 e. The molecule has 0 bridgehead atoms. The molecule has 2 aliphatic heterocycles. The van der Waals surface area contributed by atoms with Gasteiger partial charge in [0, 0.05) is 35.2 Å². The van der Waals surface area contributed by atoms with E-state index in [1.807, 2.05) is 24.3 Å². The second-order valence-corrected chi connectivity index (χ2v) is 8.20. The van der Waals surface area contributed by atoms with E-state index >= 15 is 0 Å². The summed E-state index contributed by atoms with van der Waals surface area (Å²) in [5, 5.41) is 14.3. The molecular formula is C26H22N2O4. The van der Waals surface area contributed by atoms with Crippen molar-refractivity contribution >= 4 is 16.7 Å². The van der Waals surface area contributed by atoms with E-state index in [0.29, 0.717) is 23.6 Å². The van der Waals surface area contributed by atoms with Gasteiger partial charge in [0.2, 0.25) is 6.79 Å². The van der Waals surface area contributed by atoms with Crippen molar-refractivity contribution in [1.29, 1.82) is 0 Å². The number of phenolic OH excluding ortho intramolecular Hbond substituents is 1. The summed E-state index contributed by atoms with van der Waals surface area (Å²) in [6.07, 6.45) is 0.864. The second kappa shape index (κ2) is 7.43. The average molecular weight is 426 g/mol. The number of hydrogen-bond acceptors (Lipinski definition) is 5. The maximum atomic E-state index is 13.7. The number of benzene rings is 3. The van der Waals surface area contributed by atoms with Gasteiger partial charge in [-0.25, -0.2) is 0 Å². The van der Waals surface area contributed by atoms with Crippen molar-refractivity contribution in [3.8, 4) is 17.2 Å². The fourth-order valence-electron chi connectivity index (χ4n) is 4.81. The Morgan fingerprint density at radius 2 is 1.84 bits per heavy atom. The number of phenols is 1. The Morgan fingerprint density at radius 3 is 2.72 bits per heavy atom. The van der Waals surface area contributed by atoms with Crippen molar-refractivity contribution < 1.29 is 19.4 Å². The van der Waals surface area contributed by atoms with Gasteiger partial charge in [0.05, 0.1) is 0 Å². The van der Waals surface area contributed by atoms with E-state index < -0.39 is 6.04 Å². The molecule has 6 nitrogen and oxygen atoms in total. The lowest BCUT2D eigenvalue weighted by molar-refractivity contribution is 0.0935. The van der Waals surface area contributed by atoms with Gasteiger partial charge in [-0.15, -0.1) is 0 Å². The minimum absolute atomic E-state index is 0.0130. The summed E-state index contributed by atoms with van der Waals surface area (Å²) in [6, 6.07) is 20.5. The molecule has 4 aromatic rings. The van der Waals surface area contributed by atoms with E-state index in [0.717, 1.165) is 29.7 Å². The molecular weight excluding hydrogens is 404 g/mol. The SMILES string of the molecule is O=C(c1ccc2c(c1)OCO2)C1NCCc2c1n(Cc1ccc(O)cc1)c1ccccc21. The van der Waals surface area contributed by atoms with Crippen molar-refractivity contribution in [3.05, 3.63) is 89.1 Å². The van der Waals surface area contributed by atoms with Crippen LogP contribution in [0.3, 0.4) is 0 Å². The van der Waals surface area contributed by atoms with Crippen molar-refractivity contribution in [2.24, 2.45) is 0 Å². The van der Waals surface area contributed by atoms with Crippen molar-refractivity contribution in [1.82, 2.24) is 9.88 Å². The molecule has 6 heteroatoms. The number of ether oxygens (including phenoxy) is 2. The Kier molecular flexibility index (Phi) is 4.40. The highest BCUT2D eigenvalue weighted by molar-refractivity contribution is 6.02. The third kappa shape index (κ3) is 3.03. The van der Waals surface area contributed by atoms with Gasteiger partial charge in [-0.2, -0.15) is 0 Å². The minimum Gasteiger partial charge on any atom is -0.508 e. The molecule has 3 heterocycles. The monoisotopic (exact) mass is 426 g/mol. The standard InChI is InChI=1S/C26H22N2O4/c29-18-8-5-16(6-9-18)14-28-21-4-2-1-3-19(21)20-11-12-27-24(25(20)28)26(30)17-7-10-22-23(13-17)32-15-31-22/h1-10,13,24,27,29H,11-12,14-15H2. The molecule has 1 unspecified atom stereocenters. The fourth-order valence-corrected chi connectivity index (χ4v) is 4.81. The Hall–Kier alpha value is -3.77. The normalized spacial score (nSPS) is 16.8. The number of rotatable bonds is 4. The molecule has 0 radical (unpaired) electrons. The Balaban J connectivity index is 1.47. The average Bonchev–Trinajstić information content (AvgIpc) is 3.43. The largest absolute Gasteiger partial charge is 0.508 e. The molecule has 0 saturated carbocycles. The molecule has 0 saturated heterocycles. The summed E-state index contributed by atoms with van der Waals surface area (Å²) in [5.41, 5.74) is 5.00. The molecule has 0 aliphatic carbocycles. The van der Waals surface area contributed by atoms with Crippen LogP contribution in [-0.2, 0) is 13.0 Å². The lowest BCUT2D eigenvalue weighted by Crippen LogP contribution is -2.36. The summed E-state index contributed by atoms with van der Waals surface area (Å²) in [4.78, 5) is 13.7. The molecule has 6 rings (SSSR count). The number of Topliss-reactive ketones (excluding diaryl/α,β-unsaturated/α-hetero) is 1. The highest BCUT2D eigenvalue weighted by Crippen LogP contribution is 2.37. The van der Waals surface area contributed by atoms with Crippen LogP contribution in [0.15, 0.2) is 66.7 Å². The molecule has 2 N–H and O–H groups in total. The molecule has 3 aromatic carbocycles. The Morgan fingerprint density at radius 1 is 1.03 bits per heavy atom. The van der Waals surface area contributed by atoms with Crippen molar-refractivity contribution in [2.45, 2.75) is 19.0 Å². The fraction of sp³-hybridized carbons (Fsp3) is 0.192. The highest BCUT2D eigenvalue weighted by atomic mass is 16.7. The first-order valence-electron chi connectivity index (χ1n) is 10.7. The molecule has 1 aromatic heterocycles. The number of aromatic nitrogens is 1. The van der Waals surface area contributed by atoms with Crippen molar-refractivity contribution in [3.63, 3.8) is 0 Å². The summed E-state index contributed by atoms with van der Waals surface area (Å²) < 4.78 is 13.1. The second-order valence-electron chi connectivity index (χ2n) is 8.20. The number of aromatic hydroxyl groups is 1. The smallest absolute Gasteiger partial charge is 0.231 e. The topological polar surface area (TPSA) is 72.7 Å². The predicted octanol–water partition coefficient (Wildman–Crippen LogP) is 4.19. The summed E-state index contributed by atoms with van der Waals surface area (Å²) in [7, 11) is 0. The lowest BCUT2D eigenvalue weighted by Gasteiger charge is -2.26. The van der Waals surface area contributed by atoms with E-state index in [-0.39, 0.29) is 18.3 Å². The van der Waals surface area contributed by atoms with E-state index in [1.165, 1.54) is 10.9 Å². The van der Waals surface area contributed by atoms with Gasteiger partial charge in [-0.3, -0.25) is 4.79 Å². The third-order valence-electron chi connectivity index (χ3n) is 6.31. The number of carbonyl (C=O) groups is 1. The maximum absolute atomic E-state index is 13.7. The summed E-state index contributed by atoms with van der Waals surface area (Å²) in [6.45, 7) is 1.53. The first-order chi connectivity index (χ1) is 15.7. The van der Waals surface area contributed by atoms with E-state index in [9.17, 15) is 9.90 Å². The summed E-state index contributed by atoms with van der Waals surface area (Å²) in [5.74, 6) is 1.53. The molecule has 160 valence electrons. The van der Waals surface area contributed by atoms with Crippen LogP contribution in [0.2, 0.25) is 0 Å². The van der Waals surface area contributed by atoms with Crippen LogP contribution >= 0.6 is 0 Å². The van der Waals surface area contributed by atoms with Crippen LogP contribution in [0, 0.1) is 0 Å². The number of ketones is 1. The number of nitrogens with one attached hydrogen (secondary N) is 1. The van der Waals surface area contributed by atoms with Crippen LogP contribution in [0.25, 0.3) is 10.9 Å². The van der Waals surface area contributed by atoms with E-state index in [1.54, 1.807) is 30.3 Å². The number of carbonyl (C=O) groups excluding carboxylic acids is 1. The molecule has 32 heavy (non-hydrogen) atoms. The number of hydrogen-bond donors (Lipinski definition) is 2. The van der Waals surface area contributed by atoms with Gasteiger partial charge in [-0.1, -0.05) is 30.3 Å². The van der Waals surface area contributed by atoms with Crippen LogP contribution < -0.4 is 14.8 Å². The number of fused-ring (bicyclic) bond motifs is 4. The van der Waals surface area contributed by atoms with Gasteiger partial charge in [-0.05, 0) is 53.9 Å². The van der Waals surface area contributed by atoms with E-state index in [4.69, 9.17) is 9.47 Å². The zero-order valence-electron chi connectivity index (χ0n) is 17.4. The zero-order chi connectivity index (χ0) is 21.7. The highest BCUT2D eigenvalue weighted by Gasteiger charge is 2.33. The quantitative estimate of drug-likeness (QED) is 0.479. The third-order valence-corrected chi connectivity index (χ3v) is 6.31. The minimum atomic E-state index is -0.455. The van der Waals surface area contributed by atoms with Crippen LogP contribution in [0.1, 0.15) is 33.2 Å². The molecule has 0 spiro atoms. The van der Waals surface area contributed by atoms with Crippen LogP contribution in [0.4, 0.5) is 0 Å². The van der Waals surface area contributed by atoms with Crippen LogP contribution in [-0.4, -0.2) is 28.8 Å². The first-order valence-corrected chi connectivity index (χ1v) is 10.7. The molecule has 0 amide bonds. The Labute approximate surface area is 185 Å².